The standard InChI is InChI=1S/C14H13Cl2NO2S/c1-17(10-5-3-4-6-12(10)19-2)8-11(18)9-7-13(15)20-14(9)16/h3-7H,8H2,1-2H3. The molecule has 0 unspecified atom stereocenters. The first kappa shape index (κ1) is 15.2. The lowest BCUT2D eigenvalue weighted by atomic mass is 10.2. The van der Waals surface area contributed by atoms with Crippen LogP contribution in [0, 0.1) is 0 Å². The fourth-order valence-electron chi connectivity index (χ4n) is 1.86. The Hall–Kier alpha value is -1.23. The van der Waals surface area contributed by atoms with Gasteiger partial charge in [0.2, 0.25) is 0 Å². The number of ether oxygens (including phenoxy) is 1. The van der Waals surface area contributed by atoms with Gasteiger partial charge in [0.25, 0.3) is 0 Å². The molecule has 2 aromatic rings. The van der Waals surface area contributed by atoms with Gasteiger partial charge in [0, 0.05) is 7.05 Å². The normalized spacial score (nSPS) is 10.4. The summed E-state index contributed by atoms with van der Waals surface area (Å²) in [4.78, 5) is 14.1. The topological polar surface area (TPSA) is 29.5 Å². The summed E-state index contributed by atoms with van der Waals surface area (Å²) in [6.45, 7) is 0.202. The number of anilines is 1. The number of hydrogen-bond donors (Lipinski definition) is 0. The average Bonchev–Trinajstić information content (AvgIpc) is 2.77. The van der Waals surface area contributed by atoms with Gasteiger partial charge in [0.15, 0.2) is 5.78 Å². The molecule has 0 saturated carbocycles. The predicted molar refractivity (Wildman–Crippen MR) is 84.9 cm³/mol. The maximum Gasteiger partial charge on any atom is 0.184 e. The molecule has 0 N–H and O–H groups in total. The molecule has 0 atom stereocenters. The first-order valence-corrected chi connectivity index (χ1v) is 7.42. The van der Waals surface area contributed by atoms with Crippen LogP contribution in [0.1, 0.15) is 10.4 Å². The number of carbonyl (C=O) groups excluding carboxylic acids is 1. The molecular formula is C14H13Cl2NO2S. The van der Waals surface area contributed by atoms with Gasteiger partial charge in [0.05, 0.1) is 29.2 Å². The van der Waals surface area contributed by atoms with Gasteiger partial charge in [-0.3, -0.25) is 4.79 Å². The molecule has 20 heavy (non-hydrogen) atoms. The summed E-state index contributed by atoms with van der Waals surface area (Å²) >= 11 is 13.1. The van der Waals surface area contributed by atoms with Gasteiger partial charge in [0.1, 0.15) is 10.1 Å². The second-order valence-electron chi connectivity index (χ2n) is 4.19. The number of para-hydroxylation sites is 2. The van der Waals surface area contributed by atoms with Gasteiger partial charge in [-0.1, -0.05) is 35.3 Å². The minimum Gasteiger partial charge on any atom is -0.495 e. The van der Waals surface area contributed by atoms with Crippen LogP contribution in [-0.2, 0) is 0 Å². The van der Waals surface area contributed by atoms with Crippen molar-refractivity contribution in [2.75, 3.05) is 25.6 Å². The van der Waals surface area contributed by atoms with Gasteiger partial charge >= 0.3 is 0 Å². The molecule has 0 saturated heterocycles. The molecular weight excluding hydrogens is 317 g/mol. The predicted octanol–water partition coefficient (Wildman–Crippen LogP) is 4.38. The van der Waals surface area contributed by atoms with E-state index in [0.29, 0.717) is 14.2 Å². The Labute approximate surface area is 131 Å². The quantitative estimate of drug-likeness (QED) is 0.762. The van der Waals surface area contributed by atoms with Crippen molar-refractivity contribution in [3.05, 3.63) is 44.6 Å². The van der Waals surface area contributed by atoms with Gasteiger partial charge in [-0.25, -0.2) is 0 Å². The molecule has 0 aliphatic heterocycles. The van der Waals surface area contributed by atoms with Crippen LogP contribution in [0.2, 0.25) is 8.67 Å². The molecule has 0 radical (unpaired) electrons. The minimum absolute atomic E-state index is 0.0773. The zero-order chi connectivity index (χ0) is 14.7. The minimum atomic E-state index is -0.0773. The Balaban J connectivity index is 2.17. The molecule has 3 nitrogen and oxygen atoms in total. The van der Waals surface area contributed by atoms with Crippen LogP contribution in [0.25, 0.3) is 0 Å². The molecule has 1 aromatic heterocycles. The van der Waals surface area contributed by atoms with E-state index in [1.165, 1.54) is 11.3 Å². The average molecular weight is 330 g/mol. The molecule has 0 bridgehead atoms. The van der Waals surface area contributed by atoms with Crippen molar-refractivity contribution >= 4 is 46.0 Å². The summed E-state index contributed by atoms with van der Waals surface area (Å²) in [5, 5.41) is 0. The largest absolute Gasteiger partial charge is 0.495 e. The van der Waals surface area contributed by atoms with Gasteiger partial charge < -0.3 is 9.64 Å². The van der Waals surface area contributed by atoms with Crippen molar-refractivity contribution in [3.63, 3.8) is 0 Å². The van der Waals surface area contributed by atoms with Crippen LogP contribution < -0.4 is 9.64 Å². The summed E-state index contributed by atoms with van der Waals surface area (Å²) in [5.74, 6) is 0.642. The van der Waals surface area contributed by atoms with Crippen LogP contribution in [0.3, 0.4) is 0 Å². The highest BCUT2D eigenvalue weighted by molar-refractivity contribution is 7.20. The summed E-state index contributed by atoms with van der Waals surface area (Å²) in [7, 11) is 3.43. The molecule has 1 aromatic carbocycles. The number of hydrogen-bond acceptors (Lipinski definition) is 4. The van der Waals surface area contributed by atoms with Gasteiger partial charge in [-0.2, -0.15) is 0 Å². The molecule has 0 spiro atoms. The molecule has 106 valence electrons. The summed E-state index contributed by atoms with van der Waals surface area (Å²) < 4.78 is 6.22. The number of likely N-dealkylation sites (N-methyl/N-ethyl adjacent to an activating group) is 1. The van der Waals surface area contributed by atoms with E-state index in [-0.39, 0.29) is 12.3 Å². The Bertz CT molecular complexity index is 627. The van der Waals surface area contributed by atoms with E-state index in [4.69, 9.17) is 27.9 Å². The molecule has 0 aliphatic rings. The molecule has 0 amide bonds. The fraction of sp³-hybridized carbons (Fsp3) is 0.214. The summed E-state index contributed by atoms with van der Waals surface area (Å²) in [5.41, 5.74) is 1.31. The van der Waals surface area contributed by atoms with Crippen LogP contribution in [0.5, 0.6) is 5.75 Å². The lowest BCUT2D eigenvalue weighted by molar-refractivity contribution is 0.100. The van der Waals surface area contributed by atoms with E-state index in [1.54, 1.807) is 13.2 Å². The lowest BCUT2D eigenvalue weighted by Crippen LogP contribution is -2.25. The zero-order valence-corrected chi connectivity index (χ0v) is 13.4. The molecule has 0 aliphatic carbocycles. The summed E-state index contributed by atoms with van der Waals surface area (Å²) in [6.07, 6.45) is 0. The van der Waals surface area contributed by atoms with Crippen molar-refractivity contribution in [2.24, 2.45) is 0 Å². The maximum absolute atomic E-state index is 12.2. The van der Waals surface area contributed by atoms with E-state index in [9.17, 15) is 4.79 Å². The van der Waals surface area contributed by atoms with E-state index in [2.05, 4.69) is 0 Å². The van der Waals surface area contributed by atoms with Crippen LogP contribution in [-0.4, -0.2) is 26.5 Å². The third-order valence-electron chi connectivity index (χ3n) is 2.83. The Morgan fingerprint density at radius 3 is 2.65 bits per heavy atom. The molecule has 6 heteroatoms. The third kappa shape index (κ3) is 3.26. The number of nitrogens with zero attached hydrogens (tertiary/aromatic N) is 1. The van der Waals surface area contributed by atoms with Crippen LogP contribution in [0.4, 0.5) is 5.69 Å². The Kier molecular flexibility index (Phi) is 4.91. The SMILES string of the molecule is COc1ccccc1N(C)CC(=O)c1cc(Cl)sc1Cl. The van der Waals surface area contributed by atoms with Crippen molar-refractivity contribution in [2.45, 2.75) is 0 Å². The number of Topliss-reactive ketones (excluding diaryl/α,β-unsaturated/α-hetero) is 1. The molecule has 1 heterocycles. The van der Waals surface area contributed by atoms with Gasteiger partial charge in [-0.15, -0.1) is 11.3 Å². The van der Waals surface area contributed by atoms with Crippen LogP contribution >= 0.6 is 34.5 Å². The highest BCUT2D eigenvalue weighted by Gasteiger charge is 2.17. The Morgan fingerprint density at radius 2 is 2.05 bits per heavy atom. The highest BCUT2D eigenvalue weighted by Crippen LogP contribution is 2.32. The smallest absolute Gasteiger partial charge is 0.184 e. The first-order chi connectivity index (χ1) is 9.52. The van der Waals surface area contributed by atoms with E-state index >= 15 is 0 Å². The first-order valence-electron chi connectivity index (χ1n) is 5.85. The van der Waals surface area contributed by atoms with Crippen LogP contribution in [0.15, 0.2) is 30.3 Å². The fourth-order valence-corrected chi connectivity index (χ4v) is 3.36. The second-order valence-corrected chi connectivity index (χ2v) is 6.47. The lowest BCUT2D eigenvalue weighted by Gasteiger charge is -2.20. The summed E-state index contributed by atoms with van der Waals surface area (Å²) in [6, 6.07) is 9.13. The second kappa shape index (κ2) is 6.48. The van der Waals surface area contributed by atoms with E-state index in [1.807, 2.05) is 36.2 Å². The van der Waals surface area contributed by atoms with Gasteiger partial charge in [-0.05, 0) is 18.2 Å². The number of rotatable bonds is 5. The number of carbonyl (C=O) groups is 1. The number of benzene rings is 1. The number of halogens is 2. The van der Waals surface area contributed by atoms with Crippen molar-refractivity contribution in [1.29, 1.82) is 0 Å². The molecule has 0 fully saturated rings. The third-order valence-corrected chi connectivity index (χ3v) is 4.32. The number of methoxy groups -OCH3 is 1. The zero-order valence-electron chi connectivity index (χ0n) is 11.0. The van der Waals surface area contributed by atoms with Crippen molar-refractivity contribution in [1.82, 2.24) is 0 Å². The van der Waals surface area contributed by atoms with E-state index in [0.717, 1.165) is 11.4 Å². The van der Waals surface area contributed by atoms with Crippen molar-refractivity contribution in [3.8, 4) is 5.75 Å². The number of ketones is 1. The molecule has 2 rings (SSSR count). The highest BCUT2D eigenvalue weighted by atomic mass is 35.5. The Morgan fingerprint density at radius 1 is 1.35 bits per heavy atom. The number of thiophene rings is 1. The van der Waals surface area contributed by atoms with Crippen molar-refractivity contribution < 1.29 is 9.53 Å². The monoisotopic (exact) mass is 329 g/mol. The van der Waals surface area contributed by atoms with E-state index < -0.39 is 0 Å². The maximum atomic E-state index is 12.2.